The van der Waals surface area contributed by atoms with Crippen molar-refractivity contribution in [2.75, 3.05) is 0 Å². The Morgan fingerprint density at radius 2 is 2.21 bits per heavy atom. The van der Waals surface area contributed by atoms with Gasteiger partial charge >= 0.3 is 5.92 Å². The van der Waals surface area contributed by atoms with Crippen molar-refractivity contribution >= 4 is 21.8 Å². The molecular weight excluding hydrogens is 258 g/mol. The average molecular weight is 265 g/mol. The Morgan fingerprint density at radius 1 is 1.64 bits per heavy atom. The lowest BCUT2D eigenvalue weighted by Gasteiger charge is -2.12. The smallest absolute Gasteiger partial charge is 0.364 e. The summed E-state index contributed by atoms with van der Waals surface area (Å²) >= 11 is 3.11. The first-order valence-corrected chi connectivity index (χ1v) is 4.45. The average Bonchev–Trinajstić information content (AvgIpc) is 2.09. The topological polar surface area (TPSA) is 56.0 Å². The summed E-state index contributed by atoms with van der Waals surface area (Å²) in [7, 11) is 0. The standard InChI is InChI=1S/C8H7BrF2N2O/c1-4-2-6(13-3-5(4)9)8(10,11)7(12)14/h2-3H,1H3,(H2,12,14). The number of aryl methyl sites for hydroxylation is 1. The van der Waals surface area contributed by atoms with E-state index in [0.29, 0.717) is 10.0 Å². The van der Waals surface area contributed by atoms with Crippen LogP contribution in [0.25, 0.3) is 0 Å². The molecule has 0 radical (unpaired) electrons. The third kappa shape index (κ3) is 1.89. The predicted molar refractivity (Wildman–Crippen MR) is 49.8 cm³/mol. The van der Waals surface area contributed by atoms with E-state index in [2.05, 4.69) is 26.6 Å². The SMILES string of the molecule is Cc1cc(C(F)(F)C(N)=O)ncc1Br. The molecule has 0 aliphatic carbocycles. The third-order valence-electron chi connectivity index (χ3n) is 1.68. The molecule has 0 aliphatic heterocycles. The molecule has 0 fully saturated rings. The lowest BCUT2D eigenvalue weighted by Crippen LogP contribution is -2.33. The molecule has 3 nitrogen and oxygen atoms in total. The van der Waals surface area contributed by atoms with Crippen LogP contribution < -0.4 is 5.73 Å². The Hall–Kier alpha value is -1.04. The van der Waals surface area contributed by atoms with Crippen LogP contribution in [-0.4, -0.2) is 10.9 Å². The summed E-state index contributed by atoms with van der Waals surface area (Å²) in [6, 6.07) is 1.12. The second-order valence-corrected chi connectivity index (χ2v) is 3.61. The Morgan fingerprint density at radius 3 is 2.64 bits per heavy atom. The lowest BCUT2D eigenvalue weighted by molar-refractivity contribution is -0.143. The molecule has 0 atom stereocenters. The zero-order valence-electron chi connectivity index (χ0n) is 7.22. The highest BCUT2D eigenvalue weighted by molar-refractivity contribution is 9.10. The van der Waals surface area contributed by atoms with Gasteiger partial charge in [-0.1, -0.05) is 0 Å². The number of nitrogens with two attached hydrogens (primary N) is 1. The highest BCUT2D eigenvalue weighted by atomic mass is 79.9. The van der Waals surface area contributed by atoms with Crippen molar-refractivity contribution in [3.8, 4) is 0 Å². The van der Waals surface area contributed by atoms with E-state index in [-0.39, 0.29) is 0 Å². The molecule has 1 amide bonds. The summed E-state index contributed by atoms with van der Waals surface area (Å²) in [5, 5.41) is 0. The maximum atomic E-state index is 13.0. The van der Waals surface area contributed by atoms with E-state index in [9.17, 15) is 13.6 Å². The number of rotatable bonds is 2. The molecule has 1 aromatic rings. The number of carbonyl (C=O) groups is 1. The zero-order chi connectivity index (χ0) is 10.9. The van der Waals surface area contributed by atoms with Gasteiger partial charge in [0.05, 0.1) is 0 Å². The number of alkyl halides is 2. The van der Waals surface area contributed by atoms with E-state index >= 15 is 0 Å². The molecule has 0 saturated carbocycles. The van der Waals surface area contributed by atoms with E-state index < -0.39 is 17.5 Å². The van der Waals surface area contributed by atoms with Gasteiger partial charge in [0.1, 0.15) is 5.69 Å². The van der Waals surface area contributed by atoms with Crippen LogP contribution in [-0.2, 0) is 10.7 Å². The normalized spacial score (nSPS) is 11.4. The van der Waals surface area contributed by atoms with Crippen molar-refractivity contribution in [3.63, 3.8) is 0 Å². The van der Waals surface area contributed by atoms with Crippen LogP contribution in [0.5, 0.6) is 0 Å². The minimum Gasteiger partial charge on any atom is -0.364 e. The Kier molecular flexibility index (Phi) is 2.84. The Bertz CT molecular complexity index is 382. The highest BCUT2D eigenvalue weighted by Gasteiger charge is 2.40. The minimum atomic E-state index is -3.72. The fourth-order valence-corrected chi connectivity index (χ4v) is 1.05. The molecule has 1 heterocycles. The first kappa shape index (κ1) is 11.0. The van der Waals surface area contributed by atoms with Crippen molar-refractivity contribution in [3.05, 3.63) is 28.0 Å². The number of halogens is 3. The molecule has 0 spiro atoms. The summed E-state index contributed by atoms with van der Waals surface area (Å²) in [6.45, 7) is 1.62. The van der Waals surface area contributed by atoms with Gasteiger partial charge in [-0.3, -0.25) is 9.78 Å². The molecule has 14 heavy (non-hydrogen) atoms. The summed E-state index contributed by atoms with van der Waals surface area (Å²) < 4.78 is 26.7. The number of aromatic nitrogens is 1. The van der Waals surface area contributed by atoms with Crippen molar-refractivity contribution in [2.45, 2.75) is 12.8 Å². The fourth-order valence-electron chi connectivity index (χ4n) is 0.837. The molecule has 0 aromatic carbocycles. The molecule has 0 aliphatic rings. The predicted octanol–water partition coefficient (Wildman–Crippen LogP) is 1.73. The molecular formula is C8H7BrF2N2O. The van der Waals surface area contributed by atoms with Crippen LogP contribution in [0, 0.1) is 6.92 Å². The van der Waals surface area contributed by atoms with Crippen LogP contribution >= 0.6 is 15.9 Å². The number of carbonyl (C=O) groups excluding carboxylic acids is 1. The first-order chi connectivity index (χ1) is 6.35. The maximum Gasteiger partial charge on any atom is 0.365 e. The van der Waals surface area contributed by atoms with Crippen molar-refractivity contribution < 1.29 is 13.6 Å². The highest BCUT2D eigenvalue weighted by Crippen LogP contribution is 2.27. The van der Waals surface area contributed by atoms with Gasteiger partial charge in [0.15, 0.2) is 0 Å². The number of pyridine rings is 1. The van der Waals surface area contributed by atoms with Gasteiger partial charge in [0.25, 0.3) is 5.91 Å². The first-order valence-electron chi connectivity index (χ1n) is 3.66. The van der Waals surface area contributed by atoms with E-state index in [1.165, 1.54) is 6.20 Å². The molecule has 1 rings (SSSR count). The van der Waals surface area contributed by atoms with Crippen molar-refractivity contribution in [2.24, 2.45) is 5.73 Å². The van der Waals surface area contributed by atoms with Crippen LogP contribution in [0.2, 0.25) is 0 Å². The van der Waals surface area contributed by atoms with Gasteiger partial charge in [-0.15, -0.1) is 0 Å². The molecule has 1 aromatic heterocycles. The number of primary amides is 1. The number of amides is 1. The maximum absolute atomic E-state index is 13.0. The van der Waals surface area contributed by atoms with Crippen LogP contribution in [0.15, 0.2) is 16.7 Å². The minimum absolute atomic E-state index is 0.566. The van der Waals surface area contributed by atoms with Gasteiger partial charge in [-0.05, 0) is 34.5 Å². The number of hydrogen-bond donors (Lipinski definition) is 1. The van der Waals surface area contributed by atoms with Gasteiger partial charge in [-0.2, -0.15) is 8.78 Å². The molecule has 0 saturated heterocycles. The number of nitrogens with zero attached hydrogens (tertiary/aromatic N) is 1. The summed E-state index contributed by atoms with van der Waals surface area (Å²) in [5.41, 5.74) is 4.48. The second kappa shape index (κ2) is 3.61. The van der Waals surface area contributed by atoms with Gasteiger partial charge in [-0.25, -0.2) is 0 Å². The van der Waals surface area contributed by atoms with E-state index in [1.54, 1.807) is 6.92 Å². The molecule has 0 unspecified atom stereocenters. The summed E-state index contributed by atoms with van der Waals surface area (Å²) in [6.07, 6.45) is 1.21. The van der Waals surface area contributed by atoms with Crippen molar-refractivity contribution in [1.82, 2.24) is 4.98 Å². The largest absolute Gasteiger partial charge is 0.365 e. The van der Waals surface area contributed by atoms with Gasteiger partial charge in [0.2, 0.25) is 0 Å². The van der Waals surface area contributed by atoms with E-state index in [0.717, 1.165) is 6.07 Å². The molecule has 2 N–H and O–H groups in total. The van der Waals surface area contributed by atoms with Gasteiger partial charge in [0, 0.05) is 10.7 Å². The van der Waals surface area contributed by atoms with Crippen molar-refractivity contribution in [1.29, 1.82) is 0 Å². The Labute approximate surface area is 87.4 Å². The van der Waals surface area contributed by atoms with Crippen LogP contribution in [0.3, 0.4) is 0 Å². The molecule has 76 valence electrons. The second-order valence-electron chi connectivity index (χ2n) is 2.76. The monoisotopic (exact) mass is 264 g/mol. The quantitative estimate of drug-likeness (QED) is 0.885. The lowest BCUT2D eigenvalue weighted by atomic mass is 10.1. The van der Waals surface area contributed by atoms with E-state index in [1.807, 2.05) is 0 Å². The van der Waals surface area contributed by atoms with Gasteiger partial charge < -0.3 is 5.73 Å². The fraction of sp³-hybridized carbons (Fsp3) is 0.250. The van der Waals surface area contributed by atoms with Crippen LogP contribution in [0.4, 0.5) is 8.78 Å². The van der Waals surface area contributed by atoms with E-state index in [4.69, 9.17) is 0 Å². The molecule has 0 bridgehead atoms. The number of hydrogen-bond acceptors (Lipinski definition) is 2. The van der Waals surface area contributed by atoms with Crippen LogP contribution in [0.1, 0.15) is 11.3 Å². The third-order valence-corrected chi connectivity index (χ3v) is 2.51. The molecule has 6 heteroatoms. The zero-order valence-corrected chi connectivity index (χ0v) is 8.81. The Balaban J connectivity index is 3.21. The summed E-state index contributed by atoms with van der Waals surface area (Å²) in [5.74, 6) is -5.42. The summed E-state index contributed by atoms with van der Waals surface area (Å²) in [4.78, 5) is 13.9.